The lowest BCUT2D eigenvalue weighted by atomic mass is 10.2. The number of benzene rings is 1. The molecule has 0 saturated heterocycles. The second kappa shape index (κ2) is 8.08. The number of carbonyl (C=O) groups is 1. The molecule has 0 spiro atoms. The number of aryl methyl sites for hydroxylation is 1. The molecule has 0 saturated carbocycles. The summed E-state index contributed by atoms with van der Waals surface area (Å²) in [6.07, 6.45) is 6.63. The van der Waals surface area contributed by atoms with E-state index in [0.717, 1.165) is 11.8 Å². The van der Waals surface area contributed by atoms with Gasteiger partial charge >= 0.3 is 5.97 Å². The number of thioether (sulfide) groups is 1. The number of ether oxygens (including phenoxy) is 2. The van der Waals surface area contributed by atoms with E-state index in [2.05, 4.69) is 16.1 Å². The van der Waals surface area contributed by atoms with Gasteiger partial charge in [0.1, 0.15) is 11.5 Å². The SMILES string of the molecule is C#CCOc1ccc(/C=C(\Sc2nnc(C)o2)C(=O)O)cc1OC. The van der Waals surface area contributed by atoms with E-state index in [1.807, 2.05) is 0 Å². The van der Waals surface area contributed by atoms with Crippen molar-refractivity contribution in [2.45, 2.75) is 12.1 Å². The third-order valence-electron chi connectivity index (χ3n) is 2.71. The number of methoxy groups -OCH3 is 1. The minimum Gasteiger partial charge on any atom is -0.493 e. The number of aliphatic carboxylic acids is 1. The normalized spacial score (nSPS) is 11.0. The highest BCUT2D eigenvalue weighted by atomic mass is 32.2. The van der Waals surface area contributed by atoms with E-state index in [1.54, 1.807) is 25.1 Å². The van der Waals surface area contributed by atoms with Crippen LogP contribution in [-0.4, -0.2) is 35.0 Å². The lowest BCUT2D eigenvalue weighted by molar-refractivity contribution is -0.131. The highest BCUT2D eigenvalue weighted by molar-refractivity contribution is 8.03. The zero-order valence-electron chi connectivity index (χ0n) is 13.0. The van der Waals surface area contributed by atoms with Crippen LogP contribution in [0.15, 0.2) is 32.7 Å². The Morgan fingerprint density at radius 2 is 2.25 bits per heavy atom. The first-order chi connectivity index (χ1) is 11.5. The molecule has 0 fully saturated rings. The van der Waals surface area contributed by atoms with Crippen molar-refractivity contribution in [3.8, 4) is 23.8 Å². The highest BCUT2D eigenvalue weighted by Gasteiger charge is 2.15. The second-order valence-corrected chi connectivity index (χ2v) is 5.40. The van der Waals surface area contributed by atoms with Crippen LogP contribution < -0.4 is 9.47 Å². The Kier molecular flexibility index (Phi) is 5.87. The predicted octanol–water partition coefficient (Wildman–Crippen LogP) is 2.62. The van der Waals surface area contributed by atoms with Crippen LogP contribution in [0.3, 0.4) is 0 Å². The maximum atomic E-state index is 11.4. The molecule has 0 bridgehead atoms. The largest absolute Gasteiger partial charge is 0.493 e. The summed E-state index contributed by atoms with van der Waals surface area (Å²) in [4.78, 5) is 11.4. The Morgan fingerprint density at radius 1 is 1.46 bits per heavy atom. The first-order valence-corrected chi connectivity index (χ1v) is 7.52. The zero-order valence-corrected chi connectivity index (χ0v) is 13.8. The van der Waals surface area contributed by atoms with Crippen LogP contribution in [0.4, 0.5) is 0 Å². The fourth-order valence-electron chi connectivity index (χ4n) is 1.71. The maximum Gasteiger partial charge on any atom is 0.342 e. The number of carboxylic acid groups (broad SMARTS) is 1. The fraction of sp³-hybridized carbons (Fsp3) is 0.188. The average molecular weight is 346 g/mol. The van der Waals surface area contributed by atoms with Crippen molar-refractivity contribution >= 4 is 23.8 Å². The summed E-state index contributed by atoms with van der Waals surface area (Å²) in [7, 11) is 1.49. The Balaban J connectivity index is 2.28. The number of carboxylic acids is 1. The summed E-state index contributed by atoms with van der Waals surface area (Å²) in [5.74, 6) is 2.54. The van der Waals surface area contributed by atoms with Crippen LogP contribution >= 0.6 is 11.8 Å². The van der Waals surface area contributed by atoms with Gasteiger partial charge in [0.05, 0.1) is 7.11 Å². The summed E-state index contributed by atoms with van der Waals surface area (Å²) in [5, 5.41) is 16.9. The molecule has 0 aliphatic carbocycles. The quantitative estimate of drug-likeness (QED) is 0.464. The number of terminal acetylenes is 1. The minimum atomic E-state index is -1.11. The molecular weight excluding hydrogens is 332 g/mol. The van der Waals surface area contributed by atoms with E-state index >= 15 is 0 Å². The third kappa shape index (κ3) is 4.54. The van der Waals surface area contributed by atoms with Crippen LogP contribution in [-0.2, 0) is 4.79 Å². The first kappa shape index (κ1) is 17.4. The van der Waals surface area contributed by atoms with Crippen LogP contribution in [0.25, 0.3) is 6.08 Å². The number of hydrogen-bond acceptors (Lipinski definition) is 7. The van der Waals surface area contributed by atoms with Gasteiger partial charge in [-0.05, 0) is 35.5 Å². The van der Waals surface area contributed by atoms with Crippen molar-refractivity contribution in [1.29, 1.82) is 0 Å². The molecule has 0 unspecified atom stereocenters. The van der Waals surface area contributed by atoms with Crippen molar-refractivity contribution in [3.63, 3.8) is 0 Å². The predicted molar refractivity (Wildman–Crippen MR) is 87.8 cm³/mol. The van der Waals surface area contributed by atoms with Gasteiger partial charge in [-0.25, -0.2) is 4.79 Å². The molecule has 7 nitrogen and oxygen atoms in total. The average Bonchev–Trinajstić information content (AvgIpc) is 2.97. The van der Waals surface area contributed by atoms with Gasteiger partial charge in [0.2, 0.25) is 5.89 Å². The number of rotatable bonds is 7. The lowest BCUT2D eigenvalue weighted by Crippen LogP contribution is -1.98. The summed E-state index contributed by atoms with van der Waals surface area (Å²) in [5.41, 5.74) is 0.612. The van der Waals surface area contributed by atoms with Crippen LogP contribution in [0.1, 0.15) is 11.5 Å². The van der Waals surface area contributed by atoms with E-state index < -0.39 is 5.97 Å². The molecule has 124 valence electrons. The van der Waals surface area contributed by atoms with Crippen molar-refractivity contribution in [2.24, 2.45) is 0 Å². The van der Waals surface area contributed by atoms with E-state index in [1.165, 1.54) is 13.2 Å². The van der Waals surface area contributed by atoms with E-state index in [9.17, 15) is 9.90 Å². The van der Waals surface area contributed by atoms with Gasteiger partial charge in [-0.15, -0.1) is 16.6 Å². The van der Waals surface area contributed by atoms with Crippen molar-refractivity contribution in [3.05, 3.63) is 34.6 Å². The number of hydrogen-bond donors (Lipinski definition) is 1. The highest BCUT2D eigenvalue weighted by Crippen LogP contribution is 2.31. The van der Waals surface area contributed by atoms with Crippen LogP contribution in [0.2, 0.25) is 0 Å². The lowest BCUT2D eigenvalue weighted by Gasteiger charge is -2.09. The molecule has 0 radical (unpaired) electrons. The zero-order chi connectivity index (χ0) is 17.5. The van der Waals surface area contributed by atoms with Gasteiger partial charge in [-0.2, -0.15) is 0 Å². The first-order valence-electron chi connectivity index (χ1n) is 6.70. The molecule has 1 aromatic heterocycles. The van der Waals surface area contributed by atoms with E-state index in [0.29, 0.717) is 23.0 Å². The number of aromatic nitrogens is 2. The molecule has 1 N–H and O–H groups in total. The van der Waals surface area contributed by atoms with E-state index in [4.69, 9.17) is 20.3 Å². The summed E-state index contributed by atoms with van der Waals surface area (Å²) in [6.45, 7) is 1.74. The summed E-state index contributed by atoms with van der Waals surface area (Å²) < 4.78 is 15.8. The molecule has 0 aliphatic heterocycles. The van der Waals surface area contributed by atoms with Gasteiger partial charge in [-0.3, -0.25) is 0 Å². The van der Waals surface area contributed by atoms with Crippen molar-refractivity contribution < 1.29 is 23.8 Å². The molecule has 0 atom stereocenters. The molecular formula is C16H14N2O5S. The Hall–Kier alpha value is -2.92. The number of nitrogens with zero attached hydrogens (tertiary/aromatic N) is 2. The summed E-state index contributed by atoms with van der Waals surface area (Å²) in [6, 6.07) is 4.99. The molecule has 24 heavy (non-hydrogen) atoms. The molecule has 1 aromatic carbocycles. The molecule has 2 rings (SSSR count). The van der Waals surface area contributed by atoms with Crippen LogP contribution in [0.5, 0.6) is 11.5 Å². The fourth-order valence-corrected chi connectivity index (χ4v) is 2.43. The van der Waals surface area contributed by atoms with Crippen molar-refractivity contribution in [2.75, 3.05) is 13.7 Å². The Morgan fingerprint density at radius 3 is 2.83 bits per heavy atom. The van der Waals surface area contributed by atoms with E-state index in [-0.39, 0.29) is 16.7 Å². The Bertz CT molecular complexity index is 807. The van der Waals surface area contributed by atoms with Crippen LogP contribution in [0, 0.1) is 19.3 Å². The third-order valence-corrected chi connectivity index (χ3v) is 3.56. The maximum absolute atomic E-state index is 11.4. The molecule has 2 aromatic rings. The smallest absolute Gasteiger partial charge is 0.342 e. The second-order valence-electron chi connectivity index (χ2n) is 4.41. The minimum absolute atomic E-state index is 0.0259. The van der Waals surface area contributed by atoms with Gasteiger partial charge in [0.25, 0.3) is 5.22 Å². The van der Waals surface area contributed by atoms with Gasteiger partial charge in [-0.1, -0.05) is 12.0 Å². The molecule has 8 heteroatoms. The molecule has 0 aliphatic rings. The topological polar surface area (TPSA) is 94.7 Å². The molecule has 0 amide bonds. The monoisotopic (exact) mass is 346 g/mol. The summed E-state index contributed by atoms with van der Waals surface area (Å²) >= 11 is 0.867. The van der Waals surface area contributed by atoms with Gasteiger partial charge in [0.15, 0.2) is 11.5 Å². The standard InChI is InChI=1S/C16H14N2O5S/c1-4-7-22-12-6-5-11(8-13(12)21-3)9-14(15(19)20)24-16-18-17-10(2)23-16/h1,5-6,8-9H,7H2,2-3H3,(H,19,20)/b14-9-. The van der Waals surface area contributed by atoms with Gasteiger partial charge in [0, 0.05) is 6.92 Å². The van der Waals surface area contributed by atoms with Crippen molar-refractivity contribution in [1.82, 2.24) is 10.2 Å². The van der Waals surface area contributed by atoms with Gasteiger partial charge < -0.3 is 19.0 Å². The molecule has 1 heterocycles. The Labute approximate surface area is 142 Å².